The Morgan fingerprint density at radius 1 is 1.33 bits per heavy atom. The van der Waals surface area contributed by atoms with Crippen LogP contribution in [0.15, 0.2) is 28.9 Å². The van der Waals surface area contributed by atoms with Crippen molar-refractivity contribution in [2.24, 2.45) is 0 Å². The molecule has 4 nitrogen and oxygen atoms in total. The lowest BCUT2D eigenvalue weighted by molar-refractivity contribution is 0.0694. The number of carboxylic acid groups (broad SMARTS) is 1. The first-order valence-electron chi connectivity index (χ1n) is 5.78. The summed E-state index contributed by atoms with van der Waals surface area (Å²) >= 11 is 1.77. The zero-order valence-corrected chi connectivity index (χ0v) is 10.9. The molecule has 0 aliphatic carbocycles. The van der Waals surface area contributed by atoms with E-state index in [0.717, 1.165) is 13.0 Å². The minimum Gasteiger partial charge on any atom is -0.478 e. The van der Waals surface area contributed by atoms with E-state index < -0.39 is 5.97 Å². The number of furan rings is 1. The fourth-order valence-electron chi connectivity index (χ4n) is 1.67. The summed E-state index contributed by atoms with van der Waals surface area (Å²) < 4.78 is 5.15. The van der Waals surface area contributed by atoms with E-state index in [2.05, 4.69) is 24.4 Å². The molecular weight excluding hydrogens is 250 g/mol. The monoisotopic (exact) mass is 265 g/mol. The average Bonchev–Trinajstić information content (AvgIpc) is 2.97. The van der Waals surface area contributed by atoms with Gasteiger partial charge >= 0.3 is 5.97 Å². The zero-order chi connectivity index (χ0) is 13.0. The van der Waals surface area contributed by atoms with Gasteiger partial charge < -0.3 is 14.8 Å². The highest BCUT2D eigenvalue weighted by atomic mass is 32.1. The average molecular weight is 265 g/mol. The van der Waals surface area contributed by atoms with Crippen molar-refractivity contribution in [3.05, 3.63) is 45.5 Å². The largest absolute Gasteiger partial charge is 0.478 e. The van der Waals surface area contributed by atoms with Gasteiger partial charge in [0.15, 0.2) is 0 Å². The van der Waals surface area contributed by atoms with Crippen molar-refractivity contribution >= 4 is 17.3 Å². The summed E-state index contributed by atoms with van der Waals surface area (Å²) in [5.41, 5.74) is 0.225. The molecule has 0 aliphatic heterocycles. The molecule has 0 aliphatic rings. The van der Waals surface area contributed by atoms with Crippen molar-refractivity contribution in [3.63, 3.8) is 0 Å². The minimum absolute atomic E-state index is 0.225. The van der Waals surface area contributed by atoms with Gasteiger partial charge in [-0.1, -0.05) is 6.92 Å². The quantitative estimate of drug-likeness (QED) is 0.843. The molecule has 0 radical (unpaired) electrons. The summed E-state index contributed by atoms with van der Waals surface area (Å²) in [5, 5.41) is 12.1. The minimum atomic E-state index is -0.954. The van der Waals surface area contributed by atoms with Crippen molar-refractivity contribution in [2.45, 2.75) is 26.4 Å². The molecular formula is C13H15NO3S. The fraction of sp³-hybridized carbons (Fsp3) is 0.308. The summed E-state index contributed by atoms with van der Waals surface area (Å²) in [5.74, 6) is -0.486. The van der Waals surface area contributed by atoms with Crippen LogP contribution in [0.3, 0.4) is 0 Å². The molecule has 0 unspecified atom stereocenters. The smallest absolute Gasteiger partial charge is 0.339 e. The molecule has 2 rings (SSSR count). The molecule has 5 heteroatoms. The molecule has 2 N–H and O–H groups in total. The van der Waals surface area contributed by atoms with Gasteiger partial charge in [-0.2, -0.15) is 0 Å². The Hall–Kier alpha value is -1.59. The number of hydrogen-bond donors (Lipinski definition) is 2. The Morgan fingerprint density at radius 3 is 2.78 bits per heavy atom. The third-order valence-corrected chi connectivity index (χ3v) is 3.86. The Bertz CT molecular complexity index is 530. The van der Waals surface area contributed by atoms with Crippen molar-refractivity contribution in [1.29, 1.82) is 0 Å². The van der Waals surface area contributed by atoms with Crippen LogP contribution >= 0.6 is 11.3 Å². The number of nitrogens with one attached hydrogen (secondary N) is 1. The van der Waals surface area contributed by atoms with Crippen molar-refractivity contribution in [3.8, 4) is 0 Å². The maximum atomic E-state index is 10.9. The molecule has 0 spiro atoms. The van der Waals surface area contributed by atoms with Crippen LogP contribution in [0.5, 0.6) is 0 Å². The Morgan fingerprint density at radius 2 is 2.11 bits per heavy atom. The molecule has 0 fully saturated rings. The lowest BCUT2D eigenvalue weighted by atomic mass is 10.2. The van der Waals surface area contributed by atoms with E-state index in [-0.39, 0.29) is 5.56 Å². The molecule has 0 amide bonds. The number of carbonyl (C=O) groups is 1. The molecule has 2 heterocycles. The lowest BCUT2D eigenvalue weighted by Crippen LogP contribution is -2.13. The van der Waals surface area contributed by atoms with E-state index in [1.54, 1.807) is 11.3 Å². The second-order valence-corrected chi connectivity index (χ2v) is 5.14. The van der Waals surface area contributed by atoms with E-state index in [9.17, 15) is 4.79 Å². The first-order valence-corrected chi connectivity index (χ1v) is 6.60. The van der Waals surface area contributed by atoms with Crippen LogP contribution < -0.4 is 5.32 Å². The van der Waals surface area contributed by atoms with Crippen LogP contribution in [-0.2, 0) is 19.5 Å². The van der Waals surface area contributed by atoms with Gasteiger partial charge in [0.25, 0.3) is 0 Å². The van der Waals surface area contributed by atoms with E-state index in [0.29, 0.717) is 12.3 Å². The first-order chi connectivity index (χ1) is 8.70. The van der Waals surface area contributed by atoms with Gasteiger partial charge in [-0.15, -0.1) is 11.3 Å². The van der Waals surface area contributed by atoms with Gasteiger partial charge in [-0.3, -0.25) is 0 Å². The molecule has 0 atom stereocenters. The topological polar surface area (TPSA) is 62.5 Å². The predicted octanol–water partition coefficient (Wildman–Crippen LogP) is 2.89. The lowest BCUT2D eigenvalue weighted by Gasteiger charge is -2.01. The molecule has 0 bridgehead atoms. The molecule has 2 aromatic heterocycles. The van der Waals surface area contributed by atoms with E-state index >= 15 is 0 Å². The molecule has 0 saturated carbocycles. The normalized spacial score (nSPS) is 10.7. The number of aryl methyl sites for hydroxylation is 1. The third-order valence-electron chi connectivity index (χ3n) is 2.63. The molecule has 0 saturated heterocycles. The SMILES string of the molecule is CCc1ccc(CNCc2occc2C(=O)O)s1. The van der Waals surface area contributed by atoms with Crippen LogP contribution in [0.4, 0.5) is 0 Å². The van der Waals surface area contributed by atoms with Gasteiger partial charge in [0.05, 0.1) is 12.8 Å². The van der Waals surface area contributed by atoms with E-state index in [1.165, 1.54) is 22.1 Å². The third kappa shape index (κ3) is 3.00. The number of hydrogen-bond acceptors (Lipinski definition) is 4. The van der Waals surface area contributed by atoms with E-state index in [1.807, 2.05) is 0 Å². The van der Waals surface area contributed by atoms with Crippen LogP contribution in [-0.4, -0.2) is 11.1 Å². The van der Waals surface area contributed by atoms with Crippen molar-refractivity contribution in [2.75, 3.05) is 0 Å². The fourth-order valence-corrected chi connectivity index (χ4v) is 2.60. The van der Waals surface area contributed by atoms with Gasteiger partial charge in [0, 0.05) is 16.3 Å². The van der Waals surface area contributed by atoms with Crippen LogP contribution in [0, 0.1) is 0 Å². The zero-order valence-electron chi connectivity index (χ0n) is 10.1. The number of aromatic carboxylic acids is 1. The summed E-state index contributed by atoms with van der Waals surface area (Å²) in [6, 6.07) is 5.69. The Labute approximate surface area is 109 Å². The molecule has 0 aromatic carbocycles. The van der Waals surface area contributed by atoms with Crippen LogP contribution in [0.25, 0.3) is 0 Å². The summed E-state index contributed by atoms with van der Waals surface area (Å²) in [6.07, 6.45) is 2.45. The highest BCUT2D eigenvalue weighted by molar-refractivity contribution is 7.11. The predicted molar refractivity (Wildman–Crippen MR) is 69.9 cm³/mol. The Balaban J connectivity index is 1.88. The summed E-state index contributed by atoms with van der Waals surface area (Å²) in [4.78, 5) is 13.5. The molecule has 2 aromatic rings. The molecule has 18 heavy (non-hydrogen) atoms. The van der Waals surface area contributed by atoms with Crippen molar-refractivity contribution < 1.29 is 14.3 Å². The number of rotatable bonds is 6. The molecule has 96 valence electrons. The highest BCUT2D eigenvalue weighted by Crippen LogP contribution is 2.17. The van der Waals surface area contributed by atoms with Crippen LogP contribution in [0.1, 0.15) is 32.8 Å². The number of carboxylic acids is 1. The van der Waals surface area contributed by atoms with E-state index in [4.69, 9.17) is 9.52 Å². The van der Waals surface area contributed by atoms with Crippen LogP contribution in [0.2, 0.25) is 0 Å². The second-order valence-electron chi connectivity index (χ2n) is 3.89. The van der Waals surface area contributed by atoms with Crippen molar-refractivity contribution in [1.82, 2.24) is 5.32 Å². The highest BCUT2D eigenvalue weighted by Gasteiger charge is 2.12. The van der Waals surface area contributed by atoms with Gasteiger partial charge in [0.1, 0.15) is 11.3 Å². The summed E-state index contributed by atoms with van der Waals surface area (Å²) in [6.45, 7) is 3.28. The van der Waals surface area contributed by atoms with Gasteiger partial charge in [-0.25, -0.2) is 4.79 Å². The summed E-state index contributed by atoms with van der Waals surface area (Å²) in [7, 11) is 0. The standard InChI is InChI=1S/C13H15NO3S/c1-2-9-3-4-10(18-9)7-14-8-12-11(13(15)16)5-6-17-12/h3-6,14H,2,7-8H2,1H3,(H,15,16). The van der Waals surface area contributed by atoms with Gasteiger partial charge in [-0.05, 0) is 24.6 Å². The maximum absolute atomic E-state index is 10.9. The Kier molecular flexibility index (Phi) is 4.17. The number of thiophene rings is 1. The second kappa shape index (κ2) is 5.84. The maximum Gasteiger partial charge on any atom is 0.339 e. The van der Waals surface area contributed by atoms with Gasteiger partial charge in [0.2, 0.25) is 0 Å². The first kappa shape index (κ1) is 12.9.